The zero-order valence-corrected chi connectivity index (χ0v) is 13.3. The lowest BCUT2D eigenvalue weighted by Crippen LogP contribution is -2.20. The number of fused-ring (bicyclic) bond motifs is 1. The largest absolute Gasteiger partial charge is 0.350 e. The minimum Gasteiger partial charge on any atom is -0.350 e. The molecule has 3 aromatic rings. The van der Waals surface area contributed by atoms with Crippen LogP contribution in [-0.2, 0) is 15.9 Å². The van der Waals surface area contributed by atoms with E-state index < -0.39 is 0 Å². The Balaban J connectivity index is 1.72. The van der Waals surface area contributed by atoms with Gasteiger partial charge in [0.15, 0.2) is 6.29 Å². The molecule has 0 aliphatic carbocycles. The summed E-state index contributed by atoms with van der Waals surface area (Å²) in [5.41, 5.74) is 3.78. The molecular weight excluding hydrogens is 286 g/mol. The third-order valence-corrected chi connectivity index (χ3v) is 4.48. The second kappa shape index (κ2) is 6.19. The highest BCUT2D eigenvalue weighted by molar-refractivity contribution is 5.85. The third-order valence-electron chi connectivity index (χ3n) is 4.48. The van der Waals surface area contributed by atoms with E-state index in [2.05, 4.69) is 66.2 Å². The molecule has 2 heterocycles. The number of rotatable bonds is 4. The summed E-state index contributed by atoms with van der Waals surface area (Å²) in [5, 5.41) is 1.31. The van der Waals surface area contributed by atoms with E-state index in [0.717, 1.165) is 6.42 Å². The summed E-state index contributed by atoms with van der Waals surface area (Å²) < 4.78 is 13.6. The van der Waals surface area contributed by atoms with Crippen molar-refractivity contribution in [3.05, 3.63) is 66.4 Å². The number of nitrogens with zero attached hydrogens (tertiary/aromatic N) is 1. The van der Waals surface area contributed by atoms with Gasteiger partial charge in [-0.05, 0) is 30.2 Å². The summed E-state index contributed by atoms with van der Waals surface area (Å²) in [4.78, 5) is 0. The molecule has 4 rings (SSSR count). The van der Waals surface area contributed by atoms with E-state index in [0.29, 0.717) is 19.1 Å². The Morgan fingerprint density at radius 1 is 1.00 bits per heavy atom. The van der Waals surface area contributed by atoms with E-state index in [9.17, 15) is 0 Å². The molecule has 3 heteroatoms. The lowest BCUT2D eigenvalue weighted by molar-refractivity contribution is -0.0779. The molecule has 1 saturated heterocycles. The summed E-state index contributed by atoms with van der Waals surface area (Å²) in [6.45, 7) is 3.62. The average Bonchev–Trinajstić information content (AvgIpc) is 3.24. The molecule has 0 saturated carbocycles. The van der Waals surface area contributed by atoms with Gasteiger partial charge in [0.05, 0.1) is 18.7 Å². The van der Waals surface area contributed by atoms with E-state index in [4.69, 9.17) is 9.47 Å². The van der Waals surface area contributed by atoms with E-state index in [-0.39, 0.29) is 6.29 Å². The topological polar surface area (TPSA) is 23.4 Å². The second-order valence-electron chi connectivity index (χ2n) is 6.17. The van der Waals surface area contributed by atoms with Crippen molar-refractivity contribution in [2.45, 2.75) is 19.6 Å². The predicted octanol–water partition coefficient (Wildman–Crippen LogP) is 4.18. The van der Waals surface area contributed by atoms with Crippen LogP contribution >= 0.6 is 0 Å². The lowest BCUT2D eigenvalue weighted by atomic mass is 10.0. The molecule has 1 aliphatic rings. The molecule has 0 spiro atoms. The average molecular weight is 307 g/mol. The van der Waals surface area contributed by atoms with Gasteiger partial charge in [-0.15, -0.1) is 0 Å². The summed E-state index contributed by atoms with van der Waals surface area (Å²) in [5.74, 6) is 0.340. The van der Waals surface area contributed by atoms with Gasteiger partial charge in [-0.25, -0.2) is 0 Å². The Bertz CT molecular complexity index is 788. The molecule has 23 heavy (non-hydrogen) atoms. The zero-order valence-electron chi connectivity index (χ0n) is 13.3. The van der Waals surface area contributed by atoms with Crippen LogP contribution < -0.4 is 0 Å². The normalized spacial score (nSPS) is 16.9. The molecule has 1 unspecified atom stereocenters. The van der Waals surface area contributed by atoms with Crippen LogP contribution in [0.3, 0.4) is 0 Å². The SMILES string of the molecule is CC(Cc1cn(-c2ccccc2)c2ccccc12)C1OCCO1. The van der Waals surface area contributed by atoms with Gasteiger partial charge in [-0.3, -0.25) is 0 Å². The third kappa shape index (κ3) is 2.78. The predicted molar refractivity (Wildman–Crippen MR) is 91.8 cm³/mol. The minimum absolute atomic E-state index is 0.0752. The second-order valence-corrected chi connectivity index (χ2v) is 6.17. The van der Waals surface area contributed by atoms with E-state index >= 15 is 0 Å². The maximum Gasteiger partial charge on any atom is 0.160 e. The van der Waals surface area contributed by atoms with Gasteiger partial charge in [0.1, 0.15) is 0 Å². The van der Waals surface area contributed by atoms with Gasteiger partial charge >= 0.3 is 0 Å². The zero-order chi connectivity index (χ0) is 15.6. The highest BCUT2D eigenvalue weighted by atomic mass is 16.7. The summed E-state index contributed by atoms with van der Waals surface area (Å²) in [7, 11) is 0. The summed E-state index contributed by atoms with van der Waals surface area (Å²) in [6.07, 6.45) is 3.13. The van der Waals surface area contributed by atoms with Gasteiger partial charge < -0.3 is 14.0 Å². The number of aromatic nitrogens is 1. The molecule has 1 aromatic heterocycles. The summed E-state index contributed by atoms with van der Waals surface area (Å²) >= 11 is 0. The van der Waals surface area contributed by atoms with Crippen molar-refractivity contribution < 1.29 is 9.47 Å². The van der Waals surface area contributed by atoms with Crippen LogP contribution in [0.4, 0.5) is 0 Å². The molecule has 3 nitrogen and oxygen atoms in total. The first-order valence-electron chi connectivity index (χ1n) is 8.20. The molecule has 0 bridgehead atoms. The van der Waals surface area contributed by atoms with Crippen molar-refractivity contribution in [3.8, 4) is 5.69 Å². The fraction of sp³-hybridized carbons (Fsp3) is 0.300. The maximum absolute atomic E-state index is 5.66. The Hall–Kier alpha value is -2.10. The van der Waals surface area contributed by atoms with Crippen molar-refractivity contribution in [1.82, 2.24) is 4.57 Å². The fourth-order valence-electron chi connectivity index (χ4n) is 3.36. The fourth-order valence-corrected chi connectivity index (χ4v) is 3.36. The molecule has 2 aromatic carbocycles. The van der Waals surface area contributed by atoms with Crippen LogP contribution in [0.2, 0.25) is 0 Å². The lowest BCUT2D eigenvalue weighted by Gasteiger charge is -2.17. The van der Waals surface area contributed by atoms with Crippen molar-refractivity contribution in [2.75, 3.05) is 13.2 Å². The molecule has 1 atom stereocenters. The highest BCUT2D eigenvalue weighted by Crippen LogP contribution is 2.28. The Labute approximate surface area is 136 Å². The molecule has 0 radical (unpaired) electrons. The van der Waals surface area contributed by atoms with Gasteiger partial charge in [-0.1, -0.05) is 43.3 Å². The van der Waals surface area contributed by atoms with Gasteiger partial charge in [0, 0.05) is 23.2 Å². The Morgan fingerprint density at radius 2 is 1.70 bits per heavy atom. The monoisotopic (exact) mass is 307 g/mol. The van der Waals surface area contributed by atoms with Gasteiger partial charge in [0.2, 0.25) is 0 Å². The van der Waals surface area contributed by atoms with E-state index in [1.165, 1.54) is 22.2 Å². The van der Waals surface area contributed by atoms with Crippen LogP contribution in [0.15, 0.2) is 60.8 Å². The smallest absolute Gasteiger partial charge is 0.160 e. The number of hydrogen-bond donors (Lipinski definition) is 0. The van der Waals surface area contributed by atoms with Crippen molar-refractivity contribution in [3.63, 3.8) is 0 Å². The molecule has 0 N–H and O–H groups in total. The van der Waals surface area contributed by atoms with Crippen LogP contribution in [0.5, 0.6) is 0 Å². The highest BCUT2D eigenvalue weighted by Gasteiger charge is 2.24. The van der Waals surface area contributed by atoms with Crippen LogP contribution in [-0.4, -0.2) is 24.1 Å². The number of ether oxygens (including phenoxy) is 2. The van der Waals surface area contributed by atoms with Crippen molar-refractivity contribution in [2.24, 2.45) is 5.92 Å². The van der Waals surface area contributed by atoms with Crippen molar-refractivity contribution in [1.29, 1.82) is 0 Å². The van der Waals surface area contributed by atoms with Crippen LogP contribution in [0.1, 0.15) is 12.5 Å². The first kappa shape index (κ1) is 14.5. The Morgan fingerprint density at radius 3 is 2.48 bits per heavy atom. The number of benzene rings is 2. The van der Waals surface area contributed by atoms with Gasteiger partial charge in [0.25, 0.3) is 0 Å². The Kier molecular flexibility index (Phi) is 3.90. The van der Waals surface area contributed by atoms with E-state index in [1.54, 1.807) is 0 Å². The molecule has 1 fully saturated rings. The summed E-state index contributed by atoms with van der Waals surface area (Å²) in [6, 6.07) is 19.1. The first-order chi connectivity index (χ1) is 11.3. The van der Waals surface area contributed by atoms with Crippen LogP contribution in [0.25, 0.3) is 16.6 Å². The van der Waals surface area contributed by atoms with E-state index in [1.807, 2.05) is 6.07 Å². The maximum atomic E-state index is 5.66. The van der Waals surface area contributed by atoms with Crippen molar-refractivity contribution >= 4 is 10.9 Å². The minimum atomic E-state index is -0.0752. The number of hydrogen-bond acceptors (Lipinski definition) is 2. The van der Waals surface area contributed by atoms with Crippen LogP contribution in [0, 0.1) is 5.92 Å². The molecular formula is C20H21NO2. The van der Waals surface area contributed by atoms with Gasteiger partial charge in [-0.2, -0.15) is 0 Å². The molecule has 118 valence electrons. The quantitative estimate of drug-likeness (QED) is 0.722. The molecule has 0 amide bonds. The number of para-hydroxylation sites is 2. The first-order valence-corrected chi connectivity index (χ1v) is 8.20. The molecule has 1 aliphatic heterocycles. The standard InChI is InChI=1S/C20H21NO2/c1-15(20-22-11-12-23-20)13-16-14-21(17-7-3-2-4-8-17)19-10-6-5-9-18(16)19/h2-10,14-15,20H,11-13H2,1H3.